The predicted molar refractivity (Wildman–Crippen MR) is 68.8 cm³/mol. The summed E-state index contributed by atoms with van der Waals surface area (Å²) in [6, 6.07) is 8.29. The molecular formula is C10H5ClINS. The van der Waals surface area contributed by atoms with Crippen molar-refractivity contribution < 1.29 is 0 Å². The summed E-state index contributed by atoms with van der Waals surface area (Å²) >= 11 is 9.65. The van der Waals surface area contributed by atoms with Gasteiger partial charge in [0.05, 0.1) is 11.4 Å². The molecule has 0 atom stereocenters. The van der Waals surface area contributed by atoms with Gasteiger partial charge in [0.1, 0.15) is 6.07 Å². The first-order chi connectivity index (χ1) is 6.76. The van der Waals surface area contributed by atoms with Gasteiger partial charge in [0.2, 0.25) is 0 Å². The molecule has 14 heavy (non-hydrogen) atoms. The van der Waals surface area contributed by atoms with Crippen molar-refractivity contribution in [2.24, 2.45) is 0 Å². The number of hydrogen-bond donors (Lipinski definition) is 0. The average Bonchev–Trinajstić information content (AvgIpc) is 2.54. The number of halogens is 2. The van der Waals surface area contributed by atoms with Crippen LogP contribution in [0.15, 0.2) is 18.2 Å². The van der Waals surface area contributed by atoms with Gasteiger partial charge < -0.3 is 0 Å². The second kappa shape index (κ2) is 4.05. The third-order valence-electron chi connectivity index (χ3n) is 1.96. The molecule has 0 saturated heterocycles. The van der Waals surface area contributed by atoms with Crippen molar-refractivity contribution in [2.45, 2.75) is 5.88 Å². The van der Waals surface area contributed by atoms with E-state index in [4.69, 9.17) is 16.9 Å². The molecule has 0 aliphatic carbocycles. The maximum absolute atomic E-state index is 9.00. The van der Waals surface area contributed by atoms with E-state index < -0.39 is 0 Å². The Kier molecular flexibility index (Phi) is 2.96. The van der Waals surface area contributed by atoms with Crippen LogP contribution < -0.4 is 0 Å². The standard InChI is InChI=1S/C10H5ClINS/c11-4-10-8(5-13)7-2-1-6(12)3-9(7)14-10/h1-3H,4H2. The van der Waals surface area contributed by atoms with E-state index in [0.717, 1.165) is 20.5 Å². The third kappa shape index (κ3) is 1.62. The van der Waals surface area contributed by atoms with Crippen LogP contribution in [0.4, 0.5) is 0 Å². The molecule has 0 fully saturated rings. The van der Waals surface area contributed by atoms with E-state index in [1.807, 2.05) is 12.1 Å². The highest BCUT2D eigenvalue weighted by Crippen LogP contribution is 2.32. The highest BCUT2D eigenvalue weighted by atomic mass is 127. The Hall–Kier alpha value is -0.310. The van der Waals surface area contributed by atoms with Gasteiger partial charge in [0, 0.05) is 18.5 Å². The largest absolute Gasteiger partial charge is 0.192 e. The lowest BCUT2D eigenvalue weighted by Crippen LogP contribution is -1.76. The third-order valence-corrected chi connectivity index (χ3v) is 4.21. The SMILES string of the molecule is N#Cc1c(CCl)sc2cc(I)ccc12. The molecular weight excluding hydrogens is 329 g/mol. The lowest BCUT2D eigenvalue weighted by Gasteiger charge is -1.90. The van der Waals surface area contributed by atoms with Crippen LogP contribution in [0.3, 0.4) is 0 Å². The van der Waals surface area contributed by atoms with E-state index >= 15 is 0 Å². The van der Waals surface area contributed by atoms with Crippen molar-refractivity contribution in [3.8, 4) is 6.07 Å². The summed E-state index contributed by atoms with van der Waals surface area (Å²) in [7, 11) is 0. The minimum Gasteiger partial charge on any atom is -0.192 e. The number of rotatable bonds is 1. The minimum absolute atomic E-state index is 0.415. The molecule has 0 unspecified atom stereocenters. The summed E-state index contributed by atoms with van der Waals surface area (Å²) in [6.45, 7) is 0. The minimum atomic E-state index is 0.415. The molecule has 2 rings (SSSR count). The molecule has 2 aromatic rings. The Morgan fingerprint density at radius 1 is 1.50 bits per heavy atom. The first-order valence-electron chi connectivity index (χ1n) is 3.93. The highest BCUT2D eigenvalue weighted by molar-refractivity contribution is 14.1. The number of fused-ring (bicyclic) bond motifs is 1. The van der Waals surface area contributed by atoms with Crippen molar-refractivity contribution in [3.63, 3.8) is 0 Å². The van der Waals surface area contributed by atoms with Crippen LogP contribution in [0.25, 0.3) is 10.1 Å². The molecule has 0 radical (unpaired) electrons. The van der Waals surface area contributed by atoms with E-state index in [-0.39, 0.29) is 0 Å². The fourth-order valence-electron chi connectivity index (χ4n) is 1.34. The van der Waals surface area contributed by atoms with Crippen LogP contribution in [0.2, 0.25) is 0 Å². The maximum Gasteiger partial charge on any atom is 0.101 e. The zero-order valence-corrected chi connectivity index (χ0v) is 10.8. The van der Waals surface area contributed by atoms with E-state index in [1.54, 1.807) is 11.3 Å². The smallest absolute Gasteiger partial charge is 0.101 e. The average molecular weight is 334 g/mol. The summed E-state index contributed by atoms with van der Waals surface area (Å²) in [5.41, 5.74) is 0.733. The van der Waals surface area contributed by atoms with E-state index in [2.05, 4.69) is 34.7 Å². The van der Waals surface area contributed by atoms with Crippen LogP contribution in [0, 0.1) is 14.9 Å². The van der Waals surface area contributed by atoms with Gasteiger partial charge in [-0.15, -0.1) is 22.9 Å². The van der Waals surface area contributed by atoms with Crippen LogP contribution in [0.1, 0.15) is 10.4 Å². The Morgan fingerprint density at radius 2 is 2.29 bits per heavy atom. The second-order valence-corrected chi connectivity index (χ2v) is 5.44. The predicted octanol–water partition coefficient (Wildman–Crippen LogP) is 4.12. The van der Waals surface area contributed by atoms with Gasteiger partial charge in [-0.2, -0.15) is 5.26 Å². The number of alkyl halides is 1. The normalized spacial score (nSPS) is 10.4. The van der Waals surface area contributed by atoms with Crippen LogP contribution in [-0.4, -0.2) is 0 Å². The molecule has 1 heterocycles. The molecule has 4 heteroatoms. The quantitative estimate of drug-likeness (QED) is 0.569. The summed E-state index contributed by atoms with van der Waals surface area (Å²) in [5.74, 6) is 0.415. The molecule has 70 valence electrons. The van der Waals surface area contributed by atoms with Crippen molar-refractivity contribution in [1.82, 2.24) is 0 Å². The molecule has 0 spiro atoms. The molecule has 1 aromatic carbocycles. The Labute approximate surface area is 104 Å². The summed E-state index contributed by atoms with van der Waals surface area (Å²) in [6.07, 6.45) is 0. The fraction of sp³-hybridized carbons (Fsp3) is 0.100. The van der Waals surface area contributed by atoms with Crippen molar-refractivity contribution >= 4 is 55.6 Å². The molecule has 0 amide bonds. The molecule has 0 N–H and O–H groups in total. The van der Waals surface area contributed by atoms with Gasteiger partial charge in [0.15, 0.2) is 0 Å². The number of nitrogens with zero attached hydrogens (tertiary/aromatic N) is 1. The highest BCUT2D eigenvalue weighted by Gasteiger charge is 2.10. The van der Waals surface area contributed by atoms with Crippen LogP contribution in [-0.2, 0) is 5.88 Å². The fourth-order valence-corrected chi connectivity index (χ4v) is 3.38. The first kappa shape index (κ1) is 10.2. The van der Waals surface area contributed by atoms with E-state index in [0.29, 0.717) is 5.88 Å². The van der Waals surface area contributed by atoms with Gasteiger partial charge in [-0.25, -0.2) is 0 Å². The van der Waals surface area contributed by atoms with Gasteiger partial charge in [-0.1, -0.05) is 6.07 Å². The van der Waals surface area contributed by atoms with Gasteiger partial charge in [-0.05, 0) is 34.7 Å². The number of nitriles is 1. The zero-order chi connectivity index (χ0) is 10.1. The molecule has 0 aliphatic heterocycles. The van der Waals surface area contributed by atoms with Gasteiger partial charge >= 0.3 is 0 Å². The second-order valence-electron chi connectivity index (χ2n) is 2.79. The molecule has 0 bridgehead atoms. The van der Waals surface area contributed by atoms with E-state index in [1.165, 1.54) is 3.57 Å². The zero-order valence-electron chi connectivity index (χ0n) is 7.05. The van der Waals surface area contributed by atoms with Crippen molar-refractivity contribution in [1.29, 1.82) is 5.26 Å². The Bertz CT molecular complexity index is 527. The van der Waals surface area contributed by atoms with Crippen LogP contribution in [0.5, 0.6) is 0 Å². The topological polar surface area (TPSA) is 23.8 Å². The number of benzene rings is 1. The lowest BCUT2D eigenvalue weighted by molar-refractivity contribution is 1.45. The first-order valence-corrected chi connectivity index (χ1v) is 6.36. The molecule has 1 nitrogen and oxygen atoms in total. The molecule has 0 aliphatic rings. The summed E-state index contributed by atoms with van der Waals surface area (Å²) < 4.78 is 2.33. The summed E-state index contributed by atoms with van der Waals surface area (Å²) in [4.78, 5) is 0.964. The van der Waals surface area contributed by atoms with Crippen molar-refractivity contribution in [3.05, 3.63) is 32.2 Å². The lowest BCUT2D eigenvalue weighted by atomic mass is 10.1. The van der Waals surface area contributed by atoms with Gasteiger partial charge in [-0.3, -0.25) is 0 Å². The molecule has 1 aromatic heterocycles. The number of thiophene rings is 1. The van der Waals surface area contributed by atoms with Crippen molar-refractivity contribution in [2.75, 3.05) is 0 Å². The Balaban J connectivity index is 2.81. The van der Waals surface area contributed by atoms with Gasteiger partial charge in [0.25, 0.3) is 0 Å². The maximum atomic E-state index is 9.00. The number of hydrogen-bond acceptors (Lipinski definition) is 2. The monoisotopic (exact) mass is 333 g/mol. The van der Waals surface area contributed by atoms with Crippen LogP contribution >= 0.6 is 45.5 Å². The van der Waals surface area contributed by atoms with E-state index in [9.17, 15) is 0 Å². The summed E-state index contributed by atoms with van der Waals surface area (Å²) in [5, 5.41) is 10.0. The molecule has 0 saturated carbocycles. The Morgan fingerprint density at radius 3 is 2.93 bits per heavy atom.